The second-order valence-electron chi connectivity index (χ2n) is 6.45. The molecule has 1 N–H and O–H groups in total. The predicted octanol–water partition coefficient (Wildman–Crippen LogP) is 4.88. The molecule has 0 spiro atoms. The summed E-state index contributed by atoms with van der Waals surface area (Å²) in [6.07, 6.45) is 2.27. The van der Waals surface area contributed by atoms with Crippen LogP contribution in [0.5, 0.6) is 0 Å². The molecule has 1 aliphatic rings. The Kier molecular flexibility index (Phi) is 6.24. The van der Waals surface area contributed by atoms with Crippen molar-refractivity contribution in [1.82, 2.24) is 9.88 Å². The Labute approximate surface area is 190 Å². The maximum atomic E-state index is 13.1. The number of thiophene rings is 1. The van der Waals surface area contributed by atoms with Crippen molar-refractivity contribution in [2.75, 3.05) is 17.3 Å². The summed E-state index contributed by atoms with van der Waals surface area (Å²) in [5.74, 6) is -0.680. The summed E-state index contributed by atoms with van der Waals surface area (Å²) in [4.78, 5) is 45.2. The lowest BCUT2D eigenvalue weighted by Crippen LogP contribution is -2.47. The molecule has 0 bridgehead atoms. The molecule has 2 aromatic heterocycles. The van der Waals surface area contributed by atoms with Crippen LogP contribution < -0.4 is 5.32 Å². The second kappa shape index (κ2) is 8.89. The molecule has 30 heavy (non-hydrogen) atoms. The average Bonchev–Trinajstić information content (AvgIpc) is 3.44. The quantitative estimate of drug-likeness (QED) is 0.490. The minimum absolute atomic E-state index is 0.329. The van der Waals surface area contributed by atoms with Crippen molar-refractivity contribution >= 4 is 68.9 Å². The Morgan fingerprint density at radius 3 is 2.50 bits per heavy atom. The predicted molar refractivity (Wildman–Crippen MR) is 123 cm³/mol. The van der Waals surface area contributed by atoms with Gasteiger partial charge in [-0.3, -0.25) is 19.3 Å². The van der Waals surface area contributed by atoms with E-state index in [0.29, 0.717) is 38.5 Å². The molecule has 0 saturated carbocycles. The van der Waals surface area contributed by atoms with Gasteiger partial charge in [0, 0.05) is 5.38 Å². The first-order chi connectivity index (χ1) is 14.5. The SMILES string of the molecule is CSCCC(C(=O)Nc1nc(-c2ccc(Cl)s2)cs1)N1C(=O)c2ccccc2C1=O. The molecule has 0 aliphatic carbocycles. The van der Waals surface area contributed by atoms with E-state index < -0.39 is 23.8 Å². The lowest BCUT2D eigenvalue weighted by atomic mass is 10.1. The van der Waals surface area contributed by atoms with Gasteiger partial charge in [0.25, 0.3) is 11.8 Å². The van der Waals surface area contributed by atoms with Crippen molar-refractivity contribution in [3.05, 3.63) is 57.2 Å². The number of hydrogen-bond donors (Lipinski definition) is 1. The smallest absolute Gasteiger partial charge is 0.262 e. The van der Waals surface area contributed by atoms with Gasteiger partial charge in [0.1, 0.15) is 6.04 Å². The third-order valence-corrected chi connectivity index (χ3v) is 7.25. The van der Waals surface area contributed by atoms with Gasteiger partial charge in [0.2, 0.25) is 5.91 Å². The van der Waals surface area contributed by atoms with Crippen LogP contribution >= 0.6 is 46.0 Å². The zero-order chi connectivity index (χ0) is 21.3. The fraction of sp³-hybridized carbons (Fsp3) is 0.200. The van der Waals surface area contributed by atoms with E-state index in [0.717, 1.165) is 9.78 Å². The summed E-state index contributed by atoms with van der Waals surface area (Å²) in [5.41, 5.74) is 1.37. The van der Waals surface area contributed by atoms with Crippen molar-refractivity contribution in [3.8, 4) is 10.6 Å². The van der Waals surface area contributed by atoms with Crippen LogP contribution in [0.15, 0.2) is 41.8 Å². The second-order valence-corrected chi connectivity index (χ2v) is 10.0. The number of benzene rings is 1. The topological polar surface area (TPSA) is 79.4 Å². The van der Waals surface area contributed by atoms with Crippen LogP contribution in [-0.4, -0.2) is 45.7 Å². The van der Waals surface area contributed by atoms with Crippen molar-refractivity contribution in [3.63, 3.8) is 0 Å². The van der Waals surface area contributed by atoms with Crippen molar-refractivity contribution in [1.29, 1.82) is 0 Å². The number of anilines is 1. The number of carbonyl (C=O) groups excluding carboxylic acids is 3. The van der Waals surface area contributed by atoms with E-state index >= 15 is 0 Å². The molecule has 10 heteroatoms. The van der Waals surface area contributed by atoms with Crippen LogP contribution in [0.1, 0.15) is 27.1 Å². The fourth-order valence-electron chi connectivity index (χ4n) is 3.18. The number of hydrogen-bond acceptors (Lipinski definition) is 7. The first kappa shape index (κ1) is 21.0. The van der Waals surface area contributed by atoms with Crippen molar-refractivity contribution < 1.29 is 14.4 Å². The Morgan fingerprint density at radius 2 is 1.90 bits per heavy atom. The van der Waals surface area contributed by atoms with Gasteiger partial charge in [-0.05, 0) is 42.7 Å². The maximum Gasteiger partial charge on any atom is 0.262 e. The molecule has 1 unspecified atom stereocenters. The molecule has 6 nitrogen and oxygen atoms in total. The first-order valence-electron chi connectivity index (χ1n) is 8.97. The van der Waals surface area contributed by atoms with Crippen LogP contribution in [0.3, 0.4) is 0 Å². The molecule has 3 aromatic rings. The number of fused-ring (bicyclic) bond motifs is 1. The summed E-state index contributed by atoms with van der Waals surface area (Å²) in [6.45, 7) is 0. The summed E-state index contributed by atoms with van der Waals surface area (Å²) in [5, 5.41) is 5.02. The van der Waals surface area contributed by atoms with Crippen molar-refractivity contribution in [2.24, 2.45) is 0 Å². The largest absolute Gasteiger partial charge is 0.300 e. The molecular weight excluding hydrogens is 462 g/mol. The Hall–Kier alpha value is -2.20. The Balaban J connectivity index is 1.56. The number of thiazole rings is 1. The molecule has 1 aromatic carbocycles. The summed E-state index contributed by atoms with van der Waals surface area (Å²) in [6, 6.07) is 9.38. The van der Waals surface area contributed by atoms with Gasteiger partial charge in [0.05, 0.1) is 26.0 Å². The highest BCUT2D eigenvalue weighted by molar-refractivity contribution is 7.98. The van der Waals surface area contributed by atoms with Crippen LogP contribution in [0.4, 0.5) is 5.13 Å². The van der Waals surface area contributed by atoms with E-state index in [4.69, 9.17) is 11.6 Å². The number of imide groups is 1. The molecule has 0 radical (unpaired) electrons. The molecule has 4 rings (SSSR count). The van der Waals surface area contributed by atoms with E-state index in [1.807, 2.05) is 17.7 Å². The van der Waals surface area contributed by atoms with Gasteiger partial charge in [-0.15, -0.1) is 22.7 Å². The van der Waals surface area contributed by atoms with Gasteiger partial charge in [-0.2, -0.15) is 11.8 Å². The maximum absolute atomic E-state index is 13.1. The minimum atomic E-state index is -0.909. The third kappa shape index (κ3) is 4.02. The zero-order valence-corrected chi connectivity index (χ0v) is 19.0. The van der Waals surface area contributed by atoms with Gasteiger partial charge < -0.3 is 5.32 Å². The summed E-state index contributed by atoms with van der Waals surface area (Å²) < 4.78 is 0.659. The Morgan fingerprint density at radius 1 is 1.20 bits per heavy atom. The van der Waals surface area contributed by atoms with Crippen LogP contribution in [-0.2, 0) is 4.79 Å². The number of amides is 3. The molecular formula is C20H16ClN3O3S3. The first-order valence-corrected chi connectivity index (χ1v) is 12.4. The summed E-state index contributed by atoms with van der Waals surface area (Å²) >= 11 is 10.2. The fourth-order valence-corrected chi connectivity index (χ4v) is 5.43. The average molecular weight is 478 g/mol. The highest BCUT2D eigenvalue weighted by atomic mass is 35.5. The molecule has 3 heterocycles. The molecule has 154 valence electrons. The van der Waals surface area contributed by atoms with Crippen LogP contribution in [0.25, 0.3) is 10.6 Å². The van der Waals surface area contributed by atoms with Crippen molar-refractivity contribution in [2.45, 2.75) is 12.5 Å². The molecule has 1 atom stereocenters. The highest BCUT2D eigenvalue weighted by Crippen LogP contribution is 2.33. The molecule has 3 amide bonds. The summed E-state index contributed by atoms with van der Waals surface area (Å²) in [7, 11) is 0. The lowest BCUT2D eigenvalue weighted by Gasteiger charge is -2.24. The van der Waals surface area contributed by atoms with Gasteiger partial charge in [-0.1, -0.05) is 23.7 Å². The minimum Gasteiger partial charge on any atom is -0.300 e. The number of nitrogens with one attached hydrogen (secondary N) is 1. The van der Waals surface area contributed by atoms with E-state index in [9.17, 15) is 14.4 Å². The monoisotopic (exact) mass is 477 g/mol. The molecule has 0 fully saturated rings. The number of thioether (sulfide) groups is 1. The van der Waals surface area contributed by atoms with E-state index in [1.165, 1.54) is 22.7 Å². The highest BCUT2D eigenvalue weighted by Gasteiger charge is 2.42. The number of carbonyl (C=O) groups is 3. The van der Waals surface area contributed by atoms with Crippen LogP contribution in [0, 0.1) is 0 Å². The Bertz CT molecular complexity index is 1090. The number of aromatic nitrogens is 1. The number of halogens is 1. The standard InChI is InChI=1S/C20H16ClN3O3S3/c1-28-9-8-14(24-18(26)11-4-2-3-5-12(11)19(24)27)17(25)23-20-22-13(10-29-20)15-6-7-16(21)30-15/h2-7,10,14H,8-9H2,1H3,(H,22,23,25). The van der Waals surface area contributed by atoms with Gasteiger partial charge in [0.15, 0.2) is 5.13 Å². The van der Waals surface area contributed by atoms with Gasteiger partial charge >= 0.3 is 0 Å². The molecule has 1 aliphatic heterocycles. The van der Waals surface area contributed by atoms with Crippen LogP contribution in [0.2, 0.25) is 4.34 Å². The van der Waals surface area contributed by atoms with Gasteiger partial charge in [-0.25, -0.2) is 4.98 Å². The van der Waals surface area contributed by atoms with E-state index in [-0.39, 0.29) is 0 Å². The van der Waals surface area contributed by atoms with E-state index in [1.54, 1.807) is 42.1 Å². The third-order valence-electron chi connectivity index (χ3n) is 4.60. The lowest BCUT2D eigenvalue weighted by molar-refractivity contribution is -0.120. The zero-order valence-electron chi connectivity index (χ0n) is 15.8. The normalized spacial score (nSPS) is 14.1. The van der Waals surface area contributed by atoms with E-state index in [2.05, 4.69) is 10.3 Å². The number of nitrogens with zero attached hydrogens (tertiary/aromatic N) is 2. The molecule has 0 saturated heterocycles. The number of rotatable bonds is 7.